The number of ether oxygens (including phenoxy) is 2. The van der Waals surface area contributed by atoms with Crippen molar-refractivity contribution >= 4 is 23.4 Å². The second kappa shape index (κ2) is 12.0. The zero-order chi connectivity index (χ0) is 26.4. The third kappa shape index (κ3) is 9.29. The van der Waals surface area contributed by atoms with Crippen molar-refractivity contribution < 1.29 is 32.5 Å². The van der Waals surface area contributed by atoms with E-state index in [1.165, 1.54) is 6.07 Å². The maximum absolute atomic E-state index is 13.5. The number of halogens is 3. The first-order chi connectivity index (χ1) is 16.2. The van der Waals surface area contributed by atoms with Crippen molar-refractivity contribution in [2.24, 2.45) is 5.41 Å². The van der Waals surface area contributed by atoms with E-state index in [9.17, 15) is 23.1 Å². The molecule has 0 saturated carbocycles. The number of esters is 1. The third-order valence-corrected chi connectivity index (χ3v) is 6.08. The molecule has 2 aromatic rings. The van der Waals surface area contributed by atoms with Crippen LogP contribution in [0.5, 0.6) is 11.5 Å². The predicted molar refractivity (Wildman–Crippen MR) is 134 cm³/mol. The van der Waals surface area contributed by atoms with Crippen molar-refractivity contribution in [3.05, 3.63) is 53.1 Å². The Hall–Kier alpha value is -2.39. The van der Waals surface area contributed by atoms with E-state index in [0.717, 1.165) is 17.7 Å². The number of anilines is 1. The molecule has 0 aliphatic carbocycles. The van der Waals surface area contributed by atoms with E-state index in [4.69, 9.17) is 9.47 Å². The number of carbonyl (C=O) groups is 1. The lowest BCUT2D eigenvalue weighted by atomic mass is 9.94. The highest BCUT2D eigenvalue weighted by atomic mass is 32.2. The van der Waals surface area contributed by atoms with Gasteiger partial charge in [-0.2, -0.15) is 24.9 Å². The standard InChI is InChI=1S/C26H34F3NO4S/c1-7-33-23(31)12-17-10-19(26(27,28)29)14-21(11-17)34-22-9-8-20(30-24(32)25(4,5)6)13-18(22)15-35-16(2)3/h8-11,13-14,16,24,30,32H,7,12,15H2,1-6H3. The number of hydrogen-bond acceptors (Lipinski definition) is 6. The van der Waals surface area contributed by atoms with Gasteiger partial charge in [-0.1, -0.05) is 34.6 Å². The number of rotatable bonds is 10. The third-order valence-electron chi connectivity index (χ3n) is 4.93. The van der Waals surface area contributed by atoms with Crippen LogP contribution in [-0.4, -0.2) is 29.2 Å². The number of alkyl halides is 3. The minimum Gasteiger partial charge on any atom is -0.466 e. The van der Waals surface area contributed by atoms with Gasteiger partial charge in [-0.15, -0.1) is 0 Å². The molecule has 194 valence electrons. The molecule has 2 aromatic carbocycles. The number of aliphatic hydroxyl groups is 1. The fourth-order valence-electron chi connectivity index (χ4n) is 3.00. The Bertz CT molecular complexity index is 1000. The van der Waals surface area contributed by atoms with Crippen molar-refractivity contribution in [1.29, 1.82) is 0 Å². The second-order valence-electron chi connectivity index (χ2n) is 9.54. The van der Waals surface area contributed by atoms with Crippen LogP contribution in [-0.2, 0) is 27.9 Å². The van der Waals surface area contributed by atoms with Crippen LogP contribution in [0.3, 0.4) is 0 Å². The number of nitrogens with one attached hydrogen (secondary N) is 1. The van der Waals surface area contributed by atoms with E-state index in [1.807, 2.05) is 40.7 Å². The minimum atomic E-state index is -4.60. The summed E-state index contributed by atoms with van der Waals surface area (Å²) in [4.78, 5) is 11.9. The maximum Gasteiger partial charge on any atom is 0.416 e. The van der Waals surface area contributed by atoms with E-state index in [0.29, 0.717) is 22.4 Å². The summed E-state index contributed by atoms with van der Waals surface area (Å²) in [6.45, 7) is 11.6. The molecule has 35 heavy (non-hydrogen) atoms. The van der Waals surface area contributed by atoms with Gasteiger partial charge in [0.1, 0.15) is 17.7 Å². The average molecular weight is 514 g/mol. The molecule has 0 aromatic heterocycles. The number of benzene rings is 2. The molecule has 0 saturated heterocycles. The molecule has 5 nitrogen and oxygen atoms in total. The molecule has 1 unspecified atom stereocenters. The molecule has 0 heterocycles. The molecular weight excluding hydrogens is 479 g/mol. The van der Waals surface area contributed by atoms with E-state index in [-0.39, 0.29) is 24.3 Å². The maximum atomic E-state index is 13.5. The molecule has 0 spiro atoms. The first kappa shape index (κ1) is 28.8. The molecule has 0 aliphatic rings. The fraction of sp³-hybridized carbons (Fsp3) is 0.500. The summed E-state index contributed by atoms with van der Waals surface area (Å²) in [5.41, 5.74) is 0.289. The lowest BCUT2D eigenvalue weighted by Crippen LogP contribution is -2.33. The van der Waals surface area contributed by atoms with Crippen LogP contribution in [0.2, 0.25) is 0 Å². The van der Waals surface area contributed by atoms with Gasteiger partial charge in [0.2, 0.25) is 0 Å². The van der Waals surface area contributed by atoms with E-state index >= 15 is 0 Å². The fourth-order valence-corrected chi connectivity index (χ4v) is 3.74. The van der Waals surface area contributed by atoms with Crippen LogP contribution in [0.4, 0.5) is 18.9 Å². The Morgan fingerprint density at radius 2 is 1.80 bits per heavy atom. The van der Waals surface area contributed by atoms with Crippen molar-refractivity contribution in [3.63, 3.8) is 0 Å². The van der Waals surface area contributed by atoms with Crippen LogP contribution in [0.1, 0.15) is 58.2 Å². The molecule has 9 heteroatoms. The van der Waals surface area contributed by atoms with E-state index < -0.39 is 29.4 Å². The average Bonchev–Trinajstić information content (AvgIpc) is 2.72. The summed E-state index contributed by atoms with van der Waals surface area (Å²) in [6.07, 6.45) is -5.69. The van der Waals surface area contributed by atoms with Crippen molar-refractivity contribution in [3.8, 4) is 11.5 Å². The largest absolute Gasteiger partial charge is 0.466 e. The van der Waals surface area contributed by atoms with Crippen LogP contribution < -0.4 is 10.1 Å². The van der Waals surface area contributed by atoms with Gasteiger partial charge < -0.3 is 19.9 Å². The Labute approximate surface area is 209 Å². The highest BCUT2D eigenvalue weighted by Gasteiger charge is 2.32. The van der Waals surface area contributed by atoms with Crippen molar-refractivity contribution in [2.75, 3.05) is 11.9 Å². The number of aliphatic hydroxyl groups excluding tert-OH is 1. The van der Waals surface area contributed by atoms with Gasteiger partial charge in [0.15, 0.2) is 0 Å². The van der Waals surface area contributed by atoms with Gasteiger partial charge in [-0.25, -0.2) is 0 Å². The van der Waals surface area contributed by atoms with Gasteiger partial charge in [-0.05, 0) is 54.1 Å². The number of thioether (sulfide) groups is 1. The van der Waals surface area contributed by atoms with E-state index in [1.54, 1.807) is 30.8 Å². The summed E-state index contributed by atoms with van der Waals surface area (Å²) >= 11 is 1.66. The van der Waals surface area contributed by atoms with Crippen LogP contribution in [0.15, 0.2) is 36.4 Å². The highest BCUT2D eigenvalue weighted by Crippen LogP contribution is 2.37. The first-order valence-electron chi connectivity index (χ1n) is 11.4. The second-order valence-corrected chi connectivity index (χ2v) is 11.1. The molecule has 0 bridgehead atoms. The smallest absolute Gasteiger partial charge is 0.416 e. The topological polar surface area (TPSA) is 67.8 Å². The Morgan fingerprint density at radius 1 is 1.11 bits per heavy atom. The zero-order valence-corrected chi connectivity index (χ0v) is 21.8. The molecule has 0 aliphatic heterocycles. The van der Waals surface area contributed by atoms with Gasteiger partial charge in [0, 0.05) is 22.4 Å². The van der Waals surface area contributed by atoms with Crippen molar-refractivity contribution in [1.82, 2.24) is 0 Å². The molecule has 0 amide bonds. The summed E-state index contributed by atoms with van der Waals surface area (Å²) in [5.74, 6) is 0.323. The van der Waals surface area contributed by atoms with E-state index in [2.05, 4.69) is 5.32 Å². The Kier molecular flexibility index (Phi) is 9.92. The SMILES string of the molecule is CCOC(=O)Cc1cc(Oc2ccc(NC(O)C(C)(C)C)cc2CSC(C)C)cc(C(F)(F)F)c1. The lowest BCUT2D eigenvalue weighted by molar-refractivity contribution is -0.142. The molecule has 2 N–H and O–H groups in total. The molecule has 1 atom stereocenters. The van der Waals surface area contributed by atoms with Gasteiger partial charge in [0.05, 0.1) is 18.6 Å². The summed E-state index contributed by atoms with van der Waals surface area (Å²) in [5, 5.41) is 13.8. The summed E-state index contributed by atoms with van der Waals surface area (Å²) < 4.78 is 51.4. The Balaban J connectivity index is 2.42. The van der Waals surface area contributed by atoms with Crippen molar-refractivity contribution in [2.45, 2.75) is 71.4 Å². The first-order valence-corrected chi connectivity index (χ1v) is 12.5. The summed E-state index contributed by atoms with van der Waals surface area (Å²) in [7, 11) is 0. The quantitative estimate of drug-likeness (QED) is 0.263. The minimum absolute atomic E-state index is 0.0228. The Morgan fingerprint density at radius 3 is 2.37 bits per heavy atom. The lowest BCUT2D eigenvalue weighted by Gasteiger charge is -2.27. The van der Waals surface area contributed by atoms with Crippen LogP contribution >= 0.6 is 11.8 Å². The molecule has 0 fully saturated rings. The molecule has 0 radical (unpaired) electrons. The summed E-state index contributed by atoms with van der Waals surface area (Å²) in [6, 6.07) is 8.47. The predicted octanol–water partition coefficient (Wildman–Crippen LogP) is 7.02. The normalized spacial score (nSPS) is 13.0. The number of hydrogen-bond donors (Lipinski definition) is 2. The highest BCUT2D eigenvalue weighted by molar-refractivity contribution is 7.99. The monoisotopic (exact) mass is 513 g/mol. The van der Waals surface area contributed by atoms with Gasteiger partial charge >= 0.3 is 12.1 Å². The van der Waals surface area contributed by atoms with Crippen LogP contribution in [0.25, 0.3) is 0 Å². The number of carbonyl (C=O) groups excluding carboxylic acids is 1. The van der Waals surface area contributed by atoms with Gasteiger partial charge in [0.25, 0.3) is 0 Å². The zero-order valence-electron chi connectivity index (χ0n) is 21.0. The molecule has 2 rings (SSSR count). The van der Waals surface area contributed by atoms with Gasteiger partial charge in [-0.3, -0.25) is 4.79 Å². The molecular formula is C26H34F3NO4S. The van der Waals surface area contributed by atoms with Crippen LogP contribution in [0, 0.1) is 5.41 Å².